The van der Waals surface area contributed by atoms with E-state index in [9.17, 15) is 29.4 Å². The molecule has 3 aliphatic rings. The number of hydrogen-bond donors (Lipinski definition) is 2. The fourth-order valence-electron chi connectivity index (χ4n) is 6.51. The Kier molecular flexibility index (Phi) is 10.3. The summed E-state index contributed by atoms with van der Waals surface area (Å²) in [5.74, 6) is -1.88. The van der Waals surface area contributed by atoms with Crippen molar-refractivity contribution in [2.24, 2.45) is 11.0 Å². The number of fused-ring (bicyclic) bond motifs is 1. The van der Waals surface area contributed by atoms with Gasteiger partial charge in [-0.15, -0.1) is 0 Å². The highest BCUT2D eigenvalue weighted by Crippen LogP contribution is 2.47. The average Bonchev–Trinajstić information content (AvgIpc) is 3.64. The lowest BCUT2D eigenvalue weighted by atomic mass is 9.82. The second-order valence-electron chi connectivity index (χ2n) is 12.1. The molecular weight excluding hydrogens is 588 g/mol. The number of hydrogen-bond acceptors (Lipinski definition) is 8. The van der Waals surface area contributed by atoms with Gasteiger partial charge in [0.2, 0.25) is 11.8 Å². The van der Waals surface area contributed by atoms with E-state index in [1.165, 1.54) is 17.0 Å². The third kappa shape index (κ3) is 6.61. The number of nitrogens with zero attached hydrogens (tertiary/aromatic N) is 4. The Morgan fingerprint density at radius 1 is 1.13 bits per heavy atom. The highest BCUT2D eigenvalue weighted by atomic mass is 16.5. The highest BCUT2D eigenvalue weighted by Gasteiger charge is 2.52. The normalized spacial score (nSPS) is 22.0. The lowest BCUT2D eigenvalue weighted by Crippen LogP contribution is -2.44. The Hall–Kier alpha value is -4.35. The number of aliphatic hydroxyl groups excluding tert-OH is 1. The Labute approximate surface area is 269 Å². The number of carbonyl (C=O) groups excluding carboxylic acids is 4. The van der Waals surface area contributed by atoms with E-state index in [1.807, 2.05) is 30.3 Å². The van der Waals surface area contributed by atoms with Crippen LogP contribution in [0.1, 0.15) is 69.4 Å². The number of likely N-dealkylation sites (tertiary alicyclic amines) is 1. The lowest BCUT2D eigenvalue weighted by Gasteiger charge is -2.29. The minimum atomic E-state index is -1.97. The number of hydrazone groups is 1. The van der Waals surface area contributed by atoms with Crippen molar-refractivity contribution in [2.45, 2.75) is 69.9 Å². The summed E-state index contributed by atoms with van der Waals surface area (Å²) in [5.41, 5.74) is 1.01. The highest BCUT2D eigenvalue weighted by molar-refractivity contribution is 6.10. The van der Waals surface area contributed by atoms with Crippen LogP contribution in [0.4, 0.5) is 11.4 Å². The maximum absolute atomic E-state index is 14.0. The number of methoxy groups -OCH3 is 1. The molecule has 3 atom stereocenters. The zero-order chi connectivity index (χ0) is 32.8. The number of amides is 3. The molecule has 0 radical (unpaired) electrons. The zero-order valence-electron chi connectivity index (χ0n) is 26.4. The Bertz CT molecular complexity index is 1520. The first-order valence-electron chi connectivity index (χ1n) is 16.0. The van der Waals surface area contributed by atoms with Gasteiger partial charge in [-0.25, -0.2) is 5.01 Å². The summed E-state index contributed by atoms with van der Waals surface area (Å²) in [6, 6.07) is 14.6. The Balaban J connectivity index is 1.43. The van der Waals surface area contributed by atoms with Crippen LogP contribution >= 0.6 is 0 Å². The molecule has 2 N–H and O–H groups in total. The SMILES string of the molecule is COC(=O)CCCCN1C(=O)[C@@](O)([C@@H](C)/C=C/CC(=O)N2CCC[C@H]2CO)c2cc(N3N=C(c4ccccc4)CCC3=O)ccc21. The quantitative estimate of drug-likeness (QED) is 0.207. The van der Waals surface area contributed by atoms with E-state index in [-0.39, 0.29) is 56.2 Å². The molecule has 5 rings (SSSR count). The molecule has 3 amide bonds. The van der Waals surface area contributed by atoms with Crippen LogP contribution in [0.5, 0.6) is 0 Å². The van der Waals surface area contributed by atoms with Gasteiger partial charge < -0.3 is 24.7 Å². The smallest absolute Gasteiger partial charge is 0.305 e. The van der Waals surface area contributed by atoms with Crippen molar-refractivity contribution in [3.8, 4) is 0 Å². The first kappa shape index (κ1) is 33.0. The second-order valence-corrected chi connectivity index (χ2v) is 12.1. The van der Waals surface area contributed by atoms with Crippen LogP contribution in [-0.4, -0.2) is 77.4 Å². The van der Waals surface area contributed by atoms with Gasteiger partial charge in [0.1, 0.15) is 0 Å². The van der Waals surface area contributed by atoms with Crippen LogP contribution < -0.4 is 9.91 Å². The van der Waals surface area contributed by atoms with Crippen LogP contribution in [-0.2, 0) is 29.5 Å². The third-order valence-corrected chi connectivity index (χ3v) is 9.16. The molecule has 1 saturated heterocycles. The van der Waals surface area contributed by atoms with Crippen molar-refractivity contribution < 1.29 is 34.1 Å². The first-order chi connectivity index (χ1) is 22.2. The summed E-state index contributed by atoms with van der Waals surface area (Å²) in [6.45, 7) is 2.52. The topological polar surface area (TPSA) is 140 Å². The number of aliphatic hydroxyl groups is 2. The molecule has 0 saturated carbocycles. The van der Waals surface area contributed by atoms with Gasteiger partial charge in [0.05, 0.1) is 36.8 Å². The molecule has 244 valence electrons. The van der Waals surface area contributed by atoms with E-state index in [1.54, 1.807) is 42.2 Å². The number of carbonyl (C=O) groups is 4. The molecule has 0 aliphatic carbocycles. The van der Waals surface area contributed by atoms with Gasteiger partial charge in [0.25, 0.3) is 5.91 Å². The maximum Gasteiger partial charge on any atom is 0.305 e. The second kappa shape index (κ2) is 14.4. The Morgan fingerprint density at radius 3 is 2.65 bits per heavy atom. The van der Waals surface area contributed by atoms with Crippen LogP contribution in [0.3, 0.4) is 0 Å². The molecule has 11 nitrogen and oxygen atoms in total. The predicted molar refractivity (Wildman–Crippen MR) is 173 cm³/mol. The van der Waals surface area contributed by atoms with Gasteiger partial charge in [-0.05, 0) is 49.4 Å². The van der Waals surface area contributed by atoms with Gasteiger partial charge in [0.15, 0.2) is 5.60 Å². The molecule has 0 bridgehead atoms. The summed E-state index contributed by atoms with van der Waals surface area (Å²) < 4.78 is 4.73. The third-order valence-electron chi connectivity index (χ3n) is 9.16. The van der Waals surface area contributed by atoms with E-state index in [0.29, 0.717) is 42.7 Å². The average molecular weight is 631 g/mol. The van der Waals surface area contributed by atoms with E-state index in [4.69, 9.17) is 4.74 Å². The number of anilines is 2. The van der Waals surface area contributed by atoms with Gasteiger partial charge in [-0.2, -0.15) is 5.10 Å². The minimum absolute atomic E-state index is 0.0779. The molecule has 0 spiro atoms. The molecule has 3 heterocycles. The number of rotatable bonds is 12. The van der Waals surface area contributed by atoms with Crippen molar-refractivity contribution in [1.82, 2.24) is 4.90 Å². The van der Waals surface area contributed by atoms with E-state index in [0.717, 1.165) is 24.1 Å². The molecule has 11 heteroatoms. The summed E-state index contributed by atoms with van der Waals surface area (Å²) in [5, 5.41) is 27.8. The number of benzene rings is 2. The number of unbranched alkanes of at least 4 members (excludes halogenated alkanes) is 1. The van der Waals surface area contributed by atoms with E-state index < -0.39 is 17.4 Å². The maximum atomic E-state index is 14.0. The minimum Gasteiger partial charge on any atom is -0.469 e. The van der Waals surface area contributed by atoms with Gasteiger partial charge in [-0.3, -0.25) is 19.2 Å². The van der Waals surface area contributed by atoms with Gasteiger partial charge in [-0.1, -0.05) is 49.4 Å². The summed E-state index contributed by atoms with van der Waals surface area (Å²) >= 11 is 0. The Morgan fingerprint density at radius 2 is 1.91 bits per heavy atom. The molecule has 1 fully saturated rings. The van der Waals surface area contributed by atoms with Crippen molar-refractivity contribution in [2.75, 3.05) is 36.7 Å². The van der Waals surface area contributed by atoms with E-state index >= 15 is 0 Å². The van der Waals surface area contributed by atoms with E-state index in [2.05, 4.69) is 5.10 Å². The van der Waals surface area contributed by atoms with Crippen LogP contribution in [0.25, 0.3) is 0 Å². The molecule has 0 unspecified atom stereocenters. The van der Waals surface area contributed by atoms with Crippen molar-refractivity contribution in [1.29, 1.82) is 0 Å². The van der Waals surface area contributed by atoms with Crippen LogP contribution in [0.2, 0.25) is 0 Å². The molecule has 3 aliphatic heterocycles. The number of esters is 1. The van der Waals surface area contributed by atoms with Crippen molar-refractivity contribution >= 4 is 40.8 Å². The van der Waals surface area contributed by atoms with Gasteiger partial charge >= 0.3 is 5.97 Å². The molecule has 2 aromatic carbocycles. The van der Waals surface area contributed by atoms with Crippen LogP contribution in [0, 0.1) is 5.92 Å². The van der Waals surface area contributed by atoms with Gasteiger partial charge in [0, 0.05) is 50.3 Å². The molecule has 2 aromatic rings. The largest absolute Gasteiger partial charge is 0.469 e. The first-order valence-corrected chi connectivity index (χ1v) is 16.0. The predicted octanol–water partition coefficient (Wildman–Crippen LogP) is 3.66. The standard InChI is InChI=1S/C35H42N4O7/c1-24(10-8-14-31(41)37-21-9-13-27(37)23-40)35(45)28-22-26(39-32(42)19-17-29(36-39)25-11-4-3-5-12-25)16-18-30(28)38(34(35)44)20-7-6-15-33(43)46-2/h3-5,8,10-12,16,18,22,24,27,40,45H,6-7,9,13-15,17,19-21,23H2,1-2H3/b10-8+/t24-,27-,35+/m0/s1. The van der Waals surface area contributed by atoms with Crippen molar-refractivity contribution in [3.63, 3.8) is 0 Å². The monoisotopic (exact) mass is 630 g/mol. The van der Waals surface area contributed by atoms with Crippen LogP contribution in [0.15, 0.2) is 65.8 Å². The summed E-state index contributed by atoms with van der Waals surface area (Å²) in [4.78, 5) is 54.8. The fourth-order valence-corrected chi connectivity index (χ4v) is 6.51. The summed E-state index contributed by atoms with van der Waals surface area (Å²) in [7, 11) is 1.33. The number of ether oxygens (including phenoxy) is 1. The summed E-state index contributed by atoms with van der Waals surface area (Å²) in [6.07, 6.45) is 7.03. The molecule has 0 aromatic heterocycles. The van der Waals surface area contributed by atoms with Crippen molar-refractivity contribution in [3.05, 3.63) is 71.8 Å². The lowest BCUT2D eigenvalue weighted by molar-refractivity contribution is -0.140. The fraction of sp³-hybridized carbons (Fsp3) is 0.457. The zero-order valence-corrected chi connectivity index (χ0v) is 26.4. The molecule has 46 heavy (non-hydrogen) atoms. The molecular formula is C35H42N4O7.